The van der Waals surface area contributed by atoms with E-state index >= 15 is 0 Å². The Morgan fingerprint density at radius 1 is 1.38 bits per heavy atom. The Balaban J connectivity index is 1.96. The zero-order valence-corrected chi connectivity index (χ0v) is 14.7. The van der Waals surface area contributed by atoms with Crippen LogP contribution in [0.2, 0.25) is 0 Å². The Bertz CT molecular complexity index is 803. The smallest absolute Gasteiger partial charge is 0.259 e. The molecule has 130 valence electrons. The fourth-order valence-corrected chi connectivity index (χ4v) is 4.40. The van der Waals surface area contributed by atoms with Gasteiger partial charge in [-0.3, -0.25) is 4.90 Å². The van der Waals surface area contributed by atoms with Crippen LogP contribution in [0.3, 0.4) is 0 Å². The third-order valence-corrected chi connectivity index (χ3v) is 6.15. The number of likely N-dealkylation sites (N-methyl/N-ethyl adjacent to an activating group) is 1. The van der Waals surface area contributed by atoms with Crippen molar-refractivity contribution in [3.63, 3.8) is 0 Å². The lowest BCUT2D eigenvalue weighted by Crippen LogP contribution is -2.44. The molecule has 0 saturated carbocycles. The maximum atomic E-state index is 12.5. The second-order valence-corrected chi connectivity index (χ2v) is 8.05. The van der Waals surface area contributed by atoms with E-state index in [1.807, 2.05) is 14.0 Å². The topological polar surface area (TPSA) is 88.3 Å². The number of hydrogen-bond acceptors (Lipinski definition) is 7. The minimum absolute atomic E-state index is 0.0238. The molecule has 0 spiro atoms. The van der Waals surface area contributed by atoms with Gasteiger partial charge in [0.1, 0.15) is 0 Å². The molecular formula is C16H22N4O3S. The highest BCUT2D eigenvalue weighted by atomic mass is 32.2. The molecule has 0 amide bonds. The summed E-state index contributed by atoms with van der Waals surface area (Å²) in [4.78, 5) is 6.87. The molecule has 7 nitrogen and oxygen atoms in total. The van der Waals surface area contributed by atoms with Crippen LogP contribution in [0.4, 0.5) is 0 Å². The highest BCUT2D eigenvalue weighted by Gasteiger charge is 2.27. The molecular weight excluding hydrogens is 328 g/mol. The first-order valence-corrected chi connectivity index (χ1v) is 9.75. The van der Waals surface area contributed by atoms with Crippen LogP contribution in [0.5, 0.6) is 0 Å². The summed E-state index contributed by atoms with van der Waals surface area (Å²) in [6.45, 7) is 4.41. The number of rotatable bonds is 5. The highest BCUT2D eigenvalue weighted by molar-refractivity contribution is 7.91. The molecule has 1 N–H and O–H groups in total. The van der Waals surface area contributed by atoms with Crippen molar-refractivity contribution in [1.82, 2.24) is 20.4 Å². The van der Waals surface area contributed by atoms with Crippen molar-refractivity contribution in [2.75, 3.05) is 32.4 Å². The van der Waals surface area contributed by atoms with Gasteiger partial charge in [-0.25, -0.2) is 8.42 Å². The second-order valence-electron chi connectivity index (χ2n) is 5.97. The van der Waals surface area contributed by atoms with Gasteiger partial charge in [-0.05, 0) is 25.6 Å². The summed E-state index contributed by atoms with van der Waals surface area (Å²) in [6.07, 6.45) is 0.560. The first-order valence-electron chi connectivity index (χ1n) is 8.09. The zero-order valence-electron chi connectivity index (χ0n) is 13.9. The fourth-order valence-electron chi connectivity index (χ4n) is 2.87. The van der Waals surface area contributed by atoms with E-state index in [-0.39, 0.29) is 22.6 Å². The Kier molecular flexibility index (Phi) is 4.98. The predicted molar refractivity (Wildman–Crippen MR) is 90.3 cm³/mol. The normalized spacial score (nSPS) is 19.5. The molecule has 2 heterocycles. The number of aromatic nitrogens is 2. The van der Waals surface area contributed by atoms with Gasteiger partial charge < -0.3 is 9.84 Å². The average Bonchev–Trinajstić information content (AvgIpc) is 3.05. The van der Waals surface area contributed by atoms with E-state index in [1.165, 1.54) is 0 Å². The third kappa shape index (κ3) is 3.35. The summed E-state index contributed by atoms with van der Waals surface area (Å²) in [5, 5.41) is 7.38. The third-order valence-electron chi connectivity index (χ3n) is 4.18. The monoisotopic (exact) mass is 350 g/mol. The van der Waals surface area contributed by atoms with E-state index in [0.29, 0.717) is 17.8 Å². The van der Waals surface area contributed by atoms with Crippen molar-refractivity contribution in [2.45, 2.75) is 24.3 Å². The molecule has 24 heavy (non-hydrogen) atoms. The van der Waals surface area contributed by atoms with Crippen molar-refractivity contribution in [1.29, 1.82) is 0 Å². The van der Waals surface area contributed by atoms with Gasteiger partial charge in [0.05, 0.1) is 22.3 Å². The van der Waals surface area contributed by atoms with E-state index in [2.05, 4.69) is 20.4 Å². The van der Waals surface area contributed by atoms with E-state index in [1.54, 1.807) is 24.3 Å². The van der Waals surface area contributed by atoms with E-state index < -0.39 is 9.84 Å². The Morgan fingerprint density at radius 2 is 2.17 bits per heavy atom. The van der Waals surface area contributed by atoms with E-state index in [9.17, 15) is 8.42 Å². The number of sulfone groups is 1. The van der Waals surface area contributed by atoms with Gasteiger partial charge in [-0.1, -0.05) is 24.2 Å². The molecule has 0 bridgehead atoms. The van der Waals surface area contributed by atoms with Crippen LogP contribution < -0.4 is 5.32 Å². The number of benzene rings is 1. The summed E-state index contributed by atoms with van der Waals surface area (Å²) in [6, 6.07) is 6.82. The predicted octanol–water partition coefficient (Wildman–Crippen LogP) is 1.50. The Morgan fingerprint density at radius 3 is 2.92 bits per heavy atom. The zero-order chi connectivity index (χ0) is 17.2. The lowest BCUT2D eigenvalue weighted by atomic mass is 10.2. The highest BCUT2D eigenvalue weighted by Crippen LogP contribution is 2.28. The van der Waals surface area contributed by atoms with Crippen LogP contribution in [0, 0.1) is 0 Å². The van der Waals surface area contributed by atoms with Crippen LogP contribution in [0.15, 0.2) is 33.7 Å². The van der Waals surface area contributed by atoms with Crippen molar-refractivity contribution in [3.8, 4) is 11.5 Å². The number of nitrogens with one attached hydrogen (secondary N) is 1. The van der Waals surface area contributed by atoms with E-state index in [4.69, 9.17) is 4.52 Å². The van der Waals surface area contributed by atoms with Gasteiger partial charge in [0.2, 0.25) is 0 Å². The lowest BCUT2D eigenvalue weighted by Gasteiger charge is -2.30. The largest absolute Gasteiger partial charge is 0.334 e. The Labute approximate surface area is 142 Å². The first kappa shape index (κ1) is 17.1. The molecule has 1 aromatic heterocycles. The second kappa shape index (κ2) is 7.00. The van der Waals surface area contributed by atoms with Crippen LogP contribution in [-0.2, 0) is 9.84 Å². The minimum Gasteiger partial charge on any atom is -0.334 e. The molecule has 1 fully saturated rings. The molecule has 1 atom stereocenters. The van der Waals surface area contributed by atoms with Crippen LogP contribution in [0.1, 0.15) is 25.2 Å². The maximum absolute atomic E-state index is 12.5. The number of nitrogens with zero attached hydrogens (tertiary/aromatic N) is 3. The molecule has 0 aliphatic carbocycles. The molecule has 8 heteroatoms. The summed E-state index contributed by atoms with van der Waals surface area (Å²) in [7, 11) is -1.35. The molecule has 1 saturated heterocycles. The van der Waals surface area contributed by atoms with Crippen molar-refractivity contribution < 1.29 is 12.9 Å². The standard InChI is InChI=1S/C16H22N4O3S/c1-3-10-24(21,22)14-7-5-4-6-12(14)16-18-15(19-23-16)13-11-17-8-9-20(13)2/h4-7,13,17H,3,8-11H2,1-2H3. The SMILES string of the molecule is CCCS(=O)(=O)c1ccccc1-c1nc(C2CNCCN2C)no1. The molecule has 2 aromatic rings. The molecule has 1 unspecified atom stereocenters. The van der Waals surface area contributed by atoms with Crippen molar-refractivity contribution in [2.24, 2.45) is 0 Å². The van der Waals surface area contributed by atoms with Crippen LogP contribution >= 0.6 is 0 Å². The Hall–Kier alpha value is -1.77. The quantitative estimate of drug-likeness (QED) is 0.874. The van der Waals surface area contributed by atoms with Gasteiger partial charge in [0.25, 0.3) is 5.89 Å². The molecule has 3 rings (SSSR count). The van der Waals surface area contributed by atoms with E-state index in [0.717, 1.165) is 19.6 Å². The van der Waals surface area contributed by atoms with Gasteiger partial charge in [0, 0.05) is 19.6 Å². The van der Waals surface area contributed by atoms with Gasteiger partial charge >= 0.3 is 0 Å². The first-order chi connectivity index (χ1) is 11.5. The molecule has 0 radical (unpaired) electrons. The van der Waals surface area contributed by atoms with Crippen LogP contribution in [-0.4, -0.2) is 55.9 Å². The van der Waals surface area contributed by atoms with Gasteiger partial charge in [-0.2, -0.15) is 4.98 Å². The van der Waals surface area contributed by atoms with Gasteiger partial charge in [0.15, 0.2) is 15.7 Å². The summed E-state index contributed by atoms with van der Waals surface area (Å²) in [5.74, 6) is 0.918. The molecule has 1 aromatic carbocycles. The van der Waals surface area contributed by atoms with Crippen LogP contribution in [0.25, 0.3) is 11.5 Å². The number of piperazine rings is 1. The summed E-state index contributed by atoms with van der Waals surface area (Å²) in [5.41, 5.74) is 0.469. The molecule has 1 aliphatic rings. The molecule has 1 aliphatic heterocycles. The van der Waals surface area contributed by atoms with Crippen molar-refractivity contribution >= 4 is 9.84 Å². The average molecular weight is 350 g/mol. The minimum atomic E-state index is -3.37. The van der Waals surface area contributed by atoms with Crippen molar-refractivity contribution in [3.05, 3.63) is 30.1 Å². The maximum Gasteiger partial charge on any atom is 0.259 e. The van der Waals surface area contributed by atoms with Gasteiger partial charge in [-0.15, -0.1) is 0 Å². The summed E-state index contributed by atoms with van der Waals surface area (Å²) >= 11 is 0. The fraction of sp³-hybridized carbons (Fsp3) is 0.500. The lowest BCUT2D eigenvalue weighted by molar-refractivity contribution is 0.190. The number of hydrogen-bond donors (Lipinski definition) is 1. The summed E-state index contributed by atoms with van der Waals surface area (Å²) < 4.78 is 30.3.